The minimum absolute atomic E-state index is 0.0479. The van der Waals surface area contributed by atoms with Crippen molar-refractivity contribution in [3.05, 3.63) is 0 Å². The summed E-state index contributed by atoms with van der Waals surface area (Å²) in [6.07, 6.45) is 8.20. The minimum atomic E-state index is -4.20. The van der Waals surface area contributed by atoms with Gasteiger partial charge >= 0.3 is 0 Å². The first-order valence-electron chi connectivity index (χ1n) is 15.6. The summed E-state index contributed by atoms with van der Waals surface area (Å²) in [7, 11) is -4.20. The molecule has 8 nitrogen and oxygen atoms in total. The molecule has 0 aromatic rings. The standard InChI is InChI=1S/C30H51NO7S/c1-17(8-11-27(35)31-23-6-4-5-7-25(23)39(36,37)38)20-9-10-21-28-22(16-26(34)30(20,21)3)29(2)13-12-19(32)14-18(29)15-24(28)33/h17-26,28,32-34H,4-16H2,1-3H3,(H,31,35)(H,36,37,38). The number of carbonyl (C=O) groups excluding carboxylic acids is 1. The average Bonchev–Trinajstić information content (AvgIpc) is 3.22. The molecule has 5 aliphatic carbocycles. The van der Waals surface area contributed by atoms with Crippen molar-refractivity contribution in [2.75, 3.05) is 0 Å². The fourth-order valence-electron chi connectivity index (χ4n) is 10.6. The van der Waals surface area contributed by atoms with E-state index in [-0.39, 0.29) is 52.4 Å². The Morgan fingerprint density at radius 1 is 0.974 bits per heavy atom. The predicted molar refractivity (Wildman–Crippen MR) is 148 cm³/mol. The summed E-state index contributed by atoms with van der Waals surface area (Å²) in [5.41, 5.74) is -0.263. The van der Waals surface area contributed by atoms with Gasteiger partial charge in [0.05, 0.1) is 18.3 Å². The number of hydrogen-bond donors (Lipinski definition) is 5. The summed E-state index contributed by atoms with van der Waals surface area (Å²) in [5.74, 6) is 1.25. The van der Waals surface area contributed by atoms with Gasteiger partial charge in [-0.15, -0.1) is 0 Å². The zero-order valence-corrected chi connectivity index (χ0v) is 24.8. The van der Waals surface area contributed by atoms with Crippen molar-refractivity contribution >= 4 is 16.0 Å². The summed E-state index contributed by atoms with van der Waals surface area (Å²) >= 11 is 0. The maximum absolute atomic E-state index is 12.9. The van der Waals surface area contributed by atoms with Crippen molar-refractivity contribution in [2.24, 2.45) is 46.3 Å². The van der Waals surface area contributed by atoms with Crippen LogP contribution in [-0.4, -0.2) is 63.8 Å². The van der Waals surface area contributed by atoms with Gasteiger partial charge in [0.2, 0.25) is 5.91 Å². The first kappa shape index (κ1) is 29.7. The lowest BCUT2D eigenvalue weighted by Gasteiger charge is -2.63. The molecule has 5 rings (SSSR count). The van der Waals surface area contributed by atoms with E-state index in [1.54, 1.807) is 0 Å². The molecule has 5 aliphatic rings. The van der Waals surface area contributed by atoms with Crippen LogP contribution in [-0.2, 0) is 14.9 Å². The highest BCUT2D eigenvalue weighted by Gasteiger charge is 2.65. The van der Waals surface area contributed by atoms with Crippen molar-refractivity contribution in [3.8, 4) is 0 Å². The third-order valence-electron chi connectivity index (χ3n) is 12.8. The lowest BCUT2D eigenvalue weighted by atomic mass is 9.43. The Kier molecular flexibility index (Phi) is 8.26. The number of amides is 1. The fourth-order valence-corrected chi connectivity index (χ4v) is 11.7. The van der Waals surface area contributed by atoms with Crippen LogP contribution in [0.15, 0.2) is 0 Å². The molecule has 0 aliphatic heterocycles. The van der Waals surface area contributed by atoms with Gasteiger partial charge in [0, 0.05) is 12.5 Å². The van der Waals surface area contributed by atoms with Crippen LogP contribution < -0.4 is 5.32 Å². The summed E-state index contributed by atoms with van der Waals surface area (Å²) in [6, 6.07) is -0.541. The Bertz CT molecular complexity index is 1020. The first-order chi connectivity index (χ1) is 18.3. The fraction of sp³-hybridized carbons (Fsp3) is 0.967. The van der Waals surface area contributed by atoms with Crippen LogP contribution in [0.3, 0.4) is 0 Å². The van der Waals surface area contributed by atoms with Crippen LogP contribution in [0.2, 0.25) is 0 Å². The van der Waals surface area contributed by atoms with E-state index in [0.717, 1.165) is 51.4 Å². The molecule has 0 aromatic carbocycles. The van der Waals surface area contributed by atoms with Crippen LogP contribution in [0.25, 0.3) is 0 Å². The van der Waals surface area contributed by atoms with Gasteiger partial charge in [0.1, 0.15) is 5.25 Å². The van der Waals surface area contributed by atoms with Gasteiger partial charge < -0.3 is 20.6 Å². The van der Waals surface area contributed by atoms with Gasteiger partial charge in [0.25, 0.3) is 10.1 Å². The molecule has 0 saturated heterocycles. The Hall–Kier alpha value is -0.740. The molecule has 1 amide bonds. The summed E-state index contributed by atoms with van der Waals surface area (Å²) in [5, 5.41) is 35.5. The van der Waals surface area contributed by atoms with Gasteiger partial charge in [-0.05, 0) is 111 Å². The van der Waals surface area contributed by atoms with Crippen molar-refractivity contribution in [3.63, 3.8) is 0 Å². The second-order valence-corrected chi connectivity index (χ2v) is 16.2. The van der Waals surface area contributed by atoms with E-state index in [1.807, 2.05) is 0 Å². The van der Waals surface area contributed by atoms with Crippen LogP contribution in [0, 0.1) is 46.3 Å². The summed E-state index contributed by atoms with van der Waals surface area (Å²) < 4.78 is 33.2. The van der Waals surface area contributed by atoms with Crippen molar-refractivity contribution in [1.82, 2.24) is 5.32 Å². The molecule has 39 heavy (non-hydrogen) atoms. The van der Waals surface area contributed by atoms with E-state index in [2.05, 4.69) is 26.1 Å². The molecule has 0 bridgehead atoms. The maximum Gasteiger partial charge on any atom is 0.269 e. The second kappa shape index (κ2) is 10.8. The molecule has 9 heteroatoms. The van der Waals surface area contributed by atoms with Gasteiger partial charge in [-0.2, -0.15) is 8.42 Å². The van der Waals surface area contributed by atoms with Gasteiger partial charge in [-0.1, -0.05) is 33.6 Å². The quantitative estimate of drug-likeness (QED) is 0.307. The van der Waals surface area contributed by atoms with Crippen LogP contribution in [0.5, 0.6) is 0 Å². The van der Waals surface area contributed by atoms with Gasteiger partial charge in [0.15, 0.2) is 0 Å². The number of rotatable bonds is 6. The molecule has 0 radical (unpaired) electrons. The number of fused-ring (bicyclic) bond motifs is 5. The van der Waals surface area contributed by atoms with Crippen molar-refractivity contribution in [1.29, 1.82) is 0 Å². The maximum atomic E-state index is 12.9. The van der Waals surface area contributed by atoms with Crippen LogP contribution >= 0.6 is 0 Å². The number of nitrogens with one attached hydrogen (secondary N) is 1. The van der Waals surface area contributed by atoms with E-state index in [4.69, 9.17) is 0 Å². The topological polar surface area (TPSA) is 144 Å². The molecule has 224 valence electrons. The molecule has 13 atom stereocenters. The van der Waals surface area contributed by atoms with E-state index in [9.17, 15) is 33.1 Å². The highest BCUT2D eigenvalue weighted by atomic mass is 32.2. The monoisotopic (exact) mass is 569 g/mol. The van der Waals surface area contributed by atoms with Crippen molar-refractivity contribution < 1.29 is 33.1 Å². The zero-order valence-electron chi connectivity index (χ0n) is 24.0. The van der Waals surface area contributed by atoms with E-state index in [1.165, 1.54) is 0 Å². The molecular formula is C30H51NO7S. The number of hydrogen-bond acceptors (Lipinski definition) is 6. The third-order valence-corrected chi connectivity index (χ3v) is 14.1. The lowest BCUT2D eigenvalue weighted by molar-refractivity contribution is -0.207. The molecule has 13 unspecified atom stereocenters. The minimum Gasteiger partial charge on any atom is -0.393 e. The van der Waals surface area contributed by atoms with Gasteiger partial charge in [-0.3, -0.25) is 9.35 Å². The Balaban J connectivity index is 1.25. The highest BCUT2D eigenvalue weighted by molar-refractivity contribution is 7.86. The van der Waals surface area contributed by atoms with Crippen LogP contribution in [0.1, 0.15) is 104 Å². The first-order valence-corrected chi connectivity index (χ1v) is 17.1. The molecule has 5 fully saturated rings. The van der Waals surface area contributed by atoms with E-state index < -0.39 is 33.6 Å². The molecule has 0 aromatic heterocycles. The smallest absolute Gasteiger partial charge is 0.269 e. The lowest BCUT2D eigenvalue weighted by Crippen LogP contribution is -2.62. The second-order valence-electron chi connectivity index (χ2n) is 14.6. The normalized spacial score (nSPS) is 48.9. The third kappa shape index (κ3) is 5.21. The summed E-state index contributed by atoms with van der Waals surface area (Å²) in [6.45, 7) is 6.73. The van der Waals surface area contributed by atoms with Gasteiger partial charge in [-0.25, -0.2) is 0 Å². The predicted octanol–water partition coefficient (Wildman–Crippen LogP) is 3.68. The molecular weight excluding hydrogens is 518 g/mol. The van der Waals surface area contributed by atoms with E-state index in [0.29, 0.717) is 38.0 Å². The summed E-state index contributed by atoms with van der Waals surface area (Å²) in [4.78, 5) is 12.9. The zero-order chi connectivity index (χ0) is 28.3. The largest absolute Gasteiger partial charge is 0.393 e. The molecule has 0 spiro atoms. The molecule has 5 saturated carbocycles. The average molecular weight is 570 g/mol. The highest BCUT2D eigenvalue weighted by Crippen LogP contribution is 2.68. The Morgan fingerprint density at radius 3 is 2.41 bits per heavy atom. The number of aliphatic hydroxyl groups is 3. The molecule has 0 heterocycles. The van der Waals surface area contributed by atoms with Crippen LogP contribution in [0.4, 0.5) is 0 Å². The van der Waals surface area contributed by atoms with E-state index >= 15 is 0 Å². The number of aliphatic hydroxyl groups excluding tert-OH is 3. The SMILES string of the molecule is CC(CCC(=O)NC1CCCCC1S(=O)(=O)O)C1CCC2C3C(O)CC4CC(O)CCC4(C)C3CC(O)C12C. The Morgan fingerprint density at radius 2 is 1.69 bits per heavy atom. The molecule has 5 N–H and O–H groups in total. The Labute approximate surface area is 234 Å². The van der Waals surface area contributed by atoms with Crippen molar-refractivity contribution in [2.45, 2.75) is 134 Å². The number of carbonyl (C=O) groups is 1.